The van der Waals surface area contributed by atoms with Crippen molar-refractivity contribution in [3.8, 4) is 0 Å². The fourth-order valence-electron chi connectivity index (χ4n) is 6.57. The molecule has 0 bridgehead atoms. The van der Waals surface area contributed by atoms with Crippen LogP contribution in [0.3, 0.4) is 0 Å². The van der Waals surface area contributed by atoms with Gasteiger partial charge in [-0.1, -0.05) is 19.4 Å². The van der Waals surface area contributed by atoms with Gasteiger partial charge in [-0.3, -0.25) is 9.78 Å². The molecule has 5 rings (SSSR count). The van der Waals surface area contributed by atoms with Crippen LogP contribution in [0.2, 0.25) is 0 Å². The highest BCUT2D eigenvalue weighted by Gasteiger charge is 2.50. The minimum absolute atomic E-state index is 0.0685. The molecule has 292 valence electrons. The zero-order chi connectivity index (χ0) is 37.7. The summed E-state index contributed by atoms with van der Waals surface area (Å²) in [6, 6.07) is -0.480. The van der Waals surface area contributed by atoms with E-state index in [9.17, 15) is 50.4 Å². The summed E-state index contributed by atoms with van der Waals surface area (Å²) in [5, 5.41) is 88.6. The molecule has 1 saturated carbocycles. The summed E-state index contributed by atoms with van der Waals surface area (Å²) in [4.78, 5) is 31.0. The Bertz CT molecular complexity index is 1560. The van der Waals surface area contributed by atoms with Crippen LogP contribution in [0, 0.1) is 5.92 Å². The van der Waals surface area contributed by atoms with Crippen LogP contribution in [0.25, 0.3) is 11.0 Å². The number of carbonyl (C=O) groups is 1. The number of amides is 1. The van der Waals surface area contributed by atoms with Crippen molar-refractivity contribution >= 4 is 23.1 Å². The number of nitrogens with zero attached hydrogens (tertiary/aromatic N) is 3. The number of aromatic nitrogens is 4. The number of fused-ring (bicyclic) bond motifs is 1. The lowest BCUT2D eigenvalue weighted by atomic mass is 9.97. The topological polar surface area (TPSA) is 327 Å². The second-order valence-corrected chi connectivity index (χ2v) is 13.1. The molecule has 0 aromatic carbocycles. The lowest BCUT2D eigenvalue weighted by Crippen LogP contribution is -2.64. The van der Waals surface area contributed by atoms with Gasteiger partial charge in [-0.25, -0.2) is 9.48 Å². The lowest BCUT2D eigenvalue weighted by molar-refractivity contribution is -0.359. The Labute approximate surface area is 296 Å². The minimum Gasteiger partial charge on any atom is -0.449 e. The normalized spacial score (nSPS) is 35.2. The van der Waals surface area contributed by atoms with Gasteiger partial charge in [-0.05, 0) is 18.4 Å². The number of nitrogens with two attached hydrogens (primary N) is 1. The summed E-state index contributed by atoms with van der Waals surface area (Å²) >= 11 is 0. The molecular formula is C31H48N6O15. The third-order valence-electron chi connectivity index (χ3n) is 9.59. The van der Waals surface area contributed by atoms with E-state index in [1.807, 2.05) is 0 Å². The number of aromatic amines is 1. The number of aliphatic hydroxyl groups is 8. The van der Waals surface area contributed by atoms with Crippen LogP contribution < -0.4 is 16.6 Å². The van der Waals surface area contributed by atoms with E-state index in [-0.39, 0.29) is 36.6 Å². The molecular weight excluding hydrogens is 696 g/mol. The number of ether oxygens (including phenoxy) is 5. The van der Waals surface area contributed by atoms with Gasteiger partial charge in [0.2, 0.25) is 5.95 Å². The van der Waals surface area contributed by atoms with Crippen LogP contribution in [0.4, 0.5) is 10.7 Å². The zero-order valence-corrected chi connectivity index (χ0v) is 28.2. The van der Waals surface area contributed by atoms with Crippen LogP contribution in [-0.4, -0.2) is 167 Å². The number of H-pyrrole nitrogens is 1. The molecule has 2 aliphatic heterocycles. The number of nitrogens with one attached hydrogen (secondary N) is 2. The maximum Gasteiger partial charge on any atom is 0.407 e. The van der Waals surface area contributed by atoms with Crippen LogP contribution in [0.1, 0.15) is 38.1 Å². The van der Waals surface area contributed by atoms with E-state index in [0.29, 0.717) is 37.8 Å². The average Bonchev–Trinajstić information content (AvgIpc) is 3.66. The number of nitrogen functional groups attached to an aromatic ring is 1. The van der Waals surface area contributed by atoms with Gasteiger partial charge in [0.05, 0.1) is 31.6 Å². The van der Waals surface area contributed by atoms with E-state index in [2.05, 4.69) is 27.0 Å². The molecule has 3 fully saturated rings. The van der Waals surface area contributed by atoms with Gasteiger partial charge in [-0.15, -0.1) is 0 Å². The van der Waals surface area contributed by atoms with E-state index in [4.69, 9.17) is 29.4 Å². The Morgan fingerprint density at radius 1 is 0.981 bits per heavy atom. The summed E-state index contributed by atoms with van der Waals surface area (Å²) in [7, 11) is 0. The molecule has 12 N–H and O–H groups in total. The highest BCUT2D eigenvalue weighted by molar-refractivity contribution is 5.74. The molecule has 52 heavy (non-hydrogen) atoms. The Hall–Kier alpha value is -3.32. The van der Waals surface area contributed by atoms with Crippen LogP contribution in [-0.2, 0) is 23.7 Å². The van der Waals surface area contributed by atoms with E-state index < -0.39 is 104 Å². The number of alkyl carbamates (subject to hydrolysis) is 1. The van der Waals surface area contributed by atoms with E-state index >= 15 is 0 Å². The highest BCUT2D eigenvalue weighted by atomic mass is 16.7. The Kier molecular flexibility index (Phi) is 13.6. The number of carbonyl (C=O) groups excluding carboxylic acids is 1. The van der Waals surface area contributed by atoms with Gasteiger partial charge in [0.1, 0.15) is 60.8 Å². The average molecular weight is 745 g/mol. The van der Waals surface area contributed by atoms with Gasteiger partial charge in [0, 0.05) is 25.5 Å². The minimum atomic E-state index is -1.76. The largest absolute Gasteiger partial charge is 0.449 e. The van der Waals surface area contributed by atoms with Crippen molar-refractivity contribution < 1.29 is 69.3 Å². The summed E-state index contributed by atoms with van der Waals surface area (Å²) in [6.45, 7) is 3.04. The summed E-state index contributed by atoms with van der Waals surface area (Å²) in [5.41, 5.74) is 6.08. The molecule has 4 heterocycles. The van der Waals surface area contributed by atoms with Crippen molar-refractivity contribution in [2.75, 3.05) is 38.7 Å². The molecule has 13 atom stereocenters. The van der Waals surface area contributed by atoms with Crippen molar-refractivity contribution in [3.63, 3.8) is 0 Å². The van der Waals surface area contributed by atoms with Gasteiger partial charge in [0.25, 0.3) is 5.56 Å². The smallest absolute Gasteiger partial charge is 0.407 e. The molecule has 2 saturated heterocycles. The number of rotatable bonds is 15. The number of anilines is 1. The van der Waals surface area contributed by atoms with Crippen LogP contribution in [0.5, 0.6) is 0 Å². The maximum atomic E-state index is 12.3. The molecule has 21 heteroatoms. The summed E-state index contributed by atoms with van der Waals surface area (Å²) in [6.07, 6.45) is -12.6. The van der Waals surface area contributed by atoms with Crippen molar-refractivity contribution in [3.05, 3.63) is 28.7 Å². The Morgan fingerprint density at radius 2 is 1.67 bits per heavy atom. The first-order valence-electron chi connectivity index (χ1n) is 17.1. The lowest BCUT2D eigenvalue weighted by Gasteiger charge is -2.45. The fourth-order valence-corrected chi connectivity index (χ4v) is 6.57. The highest BCUT2D eigenvalue weighted by Crippen LogP contribution is 2.40. The molecule has 1 aliphatic carbocycles. The van der Waals surface area contributed by atoms with E-state index in [1.54, 1.807) is 0 Å². The third kappa shape index (κ3) is 8.72. The number of hydrogen-bond acceptors (Lipinski definition) is 18. The summed E-state index contributed by atoms with van der Waals surface area (Å²) in [5.74, 6) is -0.628. The molecule has 21 nitrogen and oxygen atoms in total. The first-order valence-corrected chi connectivity index (χ1v) is 17.1. The second kappa shape index (κ2) is 17.7. The molecule has 2 aromatic heterocycles. The van der Waals surface area contributed by atoms with Crippen LogP contribution in [0.15, 0.2) is 23.1 Å². The van der Waals surface area contributed by atoms with Crippen molar-refractivity contribution in [2.24, 2.45) is 5.92 Å². The maximum absolute atomic E-state index is 12.3. The summed E-state index contributed by atoms with van der Waals surface area (Å²) < 4.78 is 28.8. The SMILES string of the molecule is C=C1[C@H](COC(=O)NCCCCCCO[C@@H]2OC(CO)[C@@H](O[C@@H]3OC(CO)[C@H](O)[C@H](O)C3O)[C@H](O)C2O)[C@@H](O)C[C@@H]1n1ncc2c(=O)[nH]c(N)nc21. The van der Waals surface area contributed by atoms with E-state index in [1.165, 1.54) is 10.9 Å². The van der Waals surface area contributed by atoms with Gasteiger partial charge in [-0.2, -0.15) is 10.1 Å². The van der Waals surface area contributed by atoms with Gasteiger partial charge >= 0.3 is 6.09 Å². The molecule has 1 amide bonds. The van der Waals surface area contributed by atoms with E-state index in [0.717, 1.165) is 0 Å². The standard InChI is InChI=1S/C31H48N6O15/c1-13-15(17(40)8-16(13)37-26-14(9-34-37)27(46)36-30(32)35-26)12-49-31(47)33-6-4-2-3-5-7-48-28-24(45)22(43)25(19(11-39)51-28)52-29-23(44)21(42)20(41)18(10-38)50-29/h9,15-25,28-29,38-45H,1-8,10-12H2,(H,33,47)(H3,32,35,36,46)/t15-,16-,17-,18?,19?,20-,21-,22+,23?,24?,25+,28+,29-/m0/s1. The van der Waals surface area contributed by atoms with Crippen molar-refractivity contribution in [1.82, 2.24) is 25.1 Å². The zero-order valence-electron chi connectivity index (χ0n) is 28.2. The quantitative estimate of drug-likeness (QED) is 0.0613. The molecule has 3 aliphatic rings. The molecule has 2 aromatic rings. The fraction of sp³-hybridized carbons (Fsp3) is 0.742. The first kappa shape index (κ1) is 39.9. The molecule has 0 spiro atoms. The monoisotopic (exact) mass is 744 g/mol. The Balaban J connectivity index is 0.965. The number of unbranched alkanes of at least 4 members (excludes halogenated alkanes) is 3. The van der Waals surface area contributed by atoms with Crippen molar-refractivity contribution in [2.45, 2.75) is 106 Å². The molecule has 0 radical (unpaired) electrons. The second-order valence-electron chi connectivity index (χ2n) is 13.1. The predicted molar refractivity (Wildman–Crippen MR) is 175 cm³/mol. The first-order chi connectivity index (χ1) is 24.9. The third-order valence-corrected chi connectivity index (χ3v) is 9.59. The van der Waals surface area contributed by atoms with Gasteiger partial charge in [0.15, 0.2) is 18.2 Å². The van der Waals surface area contributed by atoms with Gasteiger partial charge < -0.3 is 75.6 Å². The molecule has 4 unspecified atom stereocenters. The predicted octanol–water partition coefficient (Wildman–Crippen LogP) is -3.89. The number of aliphatic hydroxyl groups excluding tert-OH is 8. The Morgan fingerprint density at radius 3 is 2.40 bits per heavy atom. The van der Waals surface area contributed by atoms with Crippen LogP contribution >= 0.6 is 0 Å². The number of hydrogen-bond donors (Lipinski definition) is 11. The van der Waals surface area contributed by atoms with Crippen molar-refractivity contribution in [1.29, 1.82) is 0 Å².